The zero-order valence-electron chi connectivity index (χ0n) is 11.3. The van der Waals surface area contributed by atoms with Crippen molar-refractivity contribution in [3.63, 3.8) is 0 Å². The van der Waals surface area contributed by atoms with Crippen molar-refractivity contribution in [1.29, 1.82) is 0 Å². The fourth-order valence-electron chi connectivity index (χ4n) is 1.61. The first-order valence-electron chi connectivity index (χ1n) is 5.89. The normalized spacial score (nSPS) is 11.0. The van der Waals surface area contributed by atoms with Gasteiger partial charge >= 0.3 is 5.97 Å². The number of hydrogen-bond donors (Lipinski definition) is 2. The predicted molar refractivity (Wildman–Crippen MR) is 80.0 cm³/mol. The minimum Gasteiger partial charge on any atom is -0.481 e. The Hall–Kier alpha value is -2.32. The number of nitrogens with zero attached hydrogens (tertiary/aromatic N) is 1. The number of sulfonamides is 1. The largest absolute Gasteiger partial charge is 0.481 e. The second-order valence-electron chi connectivity index (χ2n) is 4.14. The first kappa shape index (κ1) is 16.1. The first-order chi connectivity index (χ1) is 10.3. The number of carbonyl (C=O) groups is 1. The van der Waals surface area contributed by atoms with Gasteiger partial charge in [-0.15, -0.1) is 0 Å². The van der Waals surface area contributed by atoms with E-state index in [4.69, 9.17) is 21.4 Å². The monoisotopic (exact) mass is 342 g/mol. The van der Waals surface area contributed by atoms with Gasteiger partial charge in [0, 0.05) is 6.07 Å². The molecule has 0 fully saturated rings. The number of nitrogens with one attached hydrogen (secondary N) is 1. The van der Waals surface area contributed by atoms with Crippen molar-refractivity contribution in [2.24, 2.45) is 0 Å². The van der Waals surface area contributed by atoms with Crippen molar-refractivity contribution in [1.82, 2.24) is 4.98 Å². The molecule has 0 spiro atoms. The van der Waals surface area contributed by atoms with Gasteiger partial charge in [0.1, 0.15) is 0 Å². The lowest BCUT2D eigenvalue weighted by atomic mass is 10.2. The molecular formula is C13H11ClN2O5S. The van der Waals surface area contributed by atoms with Gasteiger partial charge in [-0.3, -0.25) is 4.72 Å². The van der Waals surface area contributed by atoms with E-state index in [2.05, 4.69) is 9.71 Å². The number of carboxylic acid groups (broad SMARTS) is 1. The summed E-state index contributed by atoms with van der Waals surface area (Å²) >= 11 is 5.71. The lowest BCUT2D eigenvalue weighted by molar-refractivity contribution is 0.0697. The highest BCUT2D eigenvalue weighted by Gasteiger charge is 2.18. The fourth-order valence-corrected chi connectivity index (χ4v) is 2.88. The topological polar surface area (TPSA) is 106 Å². The Morgan fingerprint density at radius 3 is 2.59 bits per heavy atom. The van der Waals surface area contributed by atoms with Gasteiger partial charge in [0.25, 0.3) is 10.0 Å². The summed E-state index contributed by atoms with van der Waals surface area (Å²) in [6.45, 7) is 0. The predicted octanol–water partition coefficient (Wildman–Crippen LogP) is 2.24. The molecule has 0 saturated heterocycles. The average molecular weight is 343 g/mol. The standard InChI is InChI=1S/C13H11ClN2O5S/c1-21-12-5-2-8(7-15-12)16-22(19,20)9-3-4-11(14)10(6-9)13(17)18/h2-7,16H,1H3,(H,17,18). The van der Waals surface area contributed by atoms with Gasteiger partial charge in [0.2, 0.25) is 5.88 Å². The molecular weight excluding hydrogens is 332 g/mol. The maximum absolute atomic E-state index is 12.2. The number of benzene rings is 1. The summed E-state index contributed by atoms with van der Waals surface area (Å²) in [6.07, 6.45) is 1.28. The number of pyridine rings is 1. The van der Waals surface area contributed by atoms with Crippen LogP contribution in [0.4, 0.5) is 5.69 Å². The molecule has 0 aliphatic carbocycles. The summed E-state index contributed by atoms with van der Waals surface area (Å²) < 4.78 is 31.6. The third kappa shape index (κ3) is 3.46. The molecule has 1 aromatic heterocycles. The maximum Gasteiger partial charge on any atom is 0.337 e. The molecule has 0 radical (unpaired) electrons. The minimum atomic E-state index is -3.96. The molecule has 1 heterocycles. The lowest BCUT2D eigenvalue weighted by Gasteiger charge is -2.09. The van der Waals surface area contributed by atoms with E-state index in [1.807, 2.05) is 0 Å². The molecule has 0 bridgehead atoms. The number of methoxy groups -OCH3 is 1. The molecule has 0 atom stereocenters. The van der Waals surface area contributed by atoms with Gasteiger partial charge in [0.15, 0.2) is 0 Å². The molecule has 7 nitrogen and oxygen atoms in total. The molecule has 2 aromatic rings. The Balaban J connectivity index is 2.33. The van der Waals surface area contributed by atoms with Gasteiger partial charge in [-0.2, -0.15) is 0 Å². The number of ether oxygens (including phenoxy) is 1. The van der Waals surface area contributed by atoms with Crippen LogP contribution in [0.2, 0.25) is 5.02 Å². The van der Waals surface area contributed by atoms with E-state index < -0.39 is 16.0 Å². The average Bonchev–Trinajstić information content (AvgIpc) is 2.47. The summed E-state index contributed by atoms with van der Waals surface area (Å²) in [5.74, 6) is -0.976. The van der Waals surface area contributed by atoms with E-state index in [9.17, 15) is 13.2 Å². The van der Waals surface area contributed by atoms with E-state index in [0.717, 1.165) is 6.07 Å². The Morgan fingerprint density at radius 1 is 1.32 bits per heavy atom. The number of aromatic nitrogens is 1. The van der Waals surface area contributed by atoms with Crippen LogP contribution in [0.15, 0.2) is 41.4 Å². The van der Waals surface area contributed by atoms with Crippen LogP contribution in [0.3, 0.4) is 0 Å². The Morgan fingerprint density at radius 2 is 2.05 bits per heavy atom. The molecule has 0 aliphatic heterocycles. The van der Waals surface area contributed by atoms with Gasteiger partial charge in [-0.25, -0.2) is 18.2 Å². The summed E-state index contributed by atoms with van der Waals surface area (Å²) in [6, 6.07) is 6.38. The van der Waals surface area contributed by atoms with Crippen molar-refractivity contribution in [2.45, 2.75) is 4.90 Å². The fraction of sp³-hybridized carbons (Fsp3) is 0.0769. The Kier molecular flexibility index (Phi) is 4.53. The number of aromatic carboxylic acids is 1. The van der Waals surface area contributed by atoms with Crippen molar-refractivity contribution in [3.8, 4) is 5.88 Å². The summed E-state index contributed by atoms with van der Waals surface area (Å²) in [5.41, 5.74) is -0.0787. The second kappa shape index (κ2) is 6.20. The molecule has 22 heavy (non-hydrogen) atoms. The van der Waals surface area contributed by atoms with Crippen LogP contribution in [-0.4, -0.2) is 31.6 Å². The molecule has 2 rings (SSSR count). The van der Waals surface area contributed by atoms with Crippen molar-refractivity contribution >= 4 is 33.3 Å². The van der Waals surface area contributed by atoms with Crippen molar-refractivity contribution in [3.05, 3.63) is 47.1 Å². The van der Waals surface area contributed by atoms with Gasteiger partial charge in [-0.1, -0.05) is 11.6 Å². The highest BCUT2D eigenvalue weighted by molar-refractivity contribution is 7.92. The maximum atomic E-state index is 12.2. The Labute approximate surface area is 131 Å². The zero-order chi connectivity index (χ0) is 16.3. The second-order valence-corrected chi connectivity index (χ2v) is 6.23. The number of hydrogen-bond acceptors (Lipinski definition) is 5. The van der Waals surface area contributed by atoms with Crippen LogP contribution >= 0.6 is 11.6 Å². The molecule has 0 aliphatic rings. The zero-order valence-corrected chi connectivity index (χ0v) is 12.9. The van der Waals surface area contributed by atoms with Crippen molar-refractivity contribution in [2.75, 3.05) is 11.8 Å². The smallest absolute Gasteiger partial charge is 0.337 e. The van der Waals surface area contributed by atoms with Crippen LogP contribution < -0.4 is 9.46 Å². The van der Waals surface area contributed by atoms with Crippen LogP contribution in [0.5, 0.6) is 5.88 Å². The highest BCUT2D eigenvalue weighted by atomic mass is 35.5. The number of rotatable bonds is 5. The SMILES string of the molecule is COc1ccc(NS(=O)(=O)c2ccc(Cl)c(C(=O)O)c2)cn1. The van der Waals surface area contributed by atoms with Crippen LogP contribution in [0.1, 0.15) is 10.4 Å². The highest BCUT2D eigenvalue weighted by Crippen LogP contribution is 2.22. The minimum absolute atomic E-state index is 0.0439. The first-order valence-corrected chi connectivity index (χ1v) is 7.75. The number of carboxylic acids is 1. The molecule has 0 unspecified atom stereocenters. The van der Waals surface area contributed by atoms with E-state index in [1.54, 1.807) is 0 Å². The van der Waals surface area contributed by atoms with Gasteiger partial charge in [0.05, 0.1) is 34.5 Å². The third-order valence-corrected chi connectivity index (χ3v) is 4.38. The lowest BCUT2D eigenvalue weighted by Crippen LogP contribution is -2.14. The summed E-state index contributed by atoms with van der Waals surface area (Å²) in [7, 11) is -2.52. The van der Waals surface area contributed by atoms with Gasteiger partial charge < -0.3 is 9.84 Å². The van der Waals surface area contributed by atoms with Gasteiger partial charge in [-0.05, 0) is 24.3 Å². The van der Waals surface area contributed by atoms with E-state index >= 15 is 0 Å². The van der Waals surface area contributed by atoms with E-state index in [1.165, 1.54) is 37.6 Å². The van der Waals surface area contributed by atoms with Crippen LogP contribution in [0, 0.1) is 0 Å². The van der Waals surface area contributed by atoms with Crippen molar-refractivity contribution < 1.29 is 23.1 Å². The molecule has 1 aromatic carbocycles. The molecule has 9 heteroatoms. The molecule has 2 N–H and O–H groups in total. The van der Waals surface area contributed by atoms with Crippen LogP contribution in [0.25, 0.3) is 0 Å². The number of anilines is 1. The number of halogens is 1. The third-order valence-electron chi connectivity index (χ3n) is 2.68. The molecule has 116 valence electrons. The quantitative estimate of drug-likeness (QED) is 0.863. The molecule has 0 saturated carbocycles. The summed E-state index contributed by atoms with van der Waals surface area (Å²) in [5, 5.41) is 8.94. The van der Waals surface area contributed by atoms with Crippen LogP contribution in [-0.2, 0) is 10.0 Å². The van der Waals surface area contributed by atoms with E-state index in [0.29, 0.717) is 5.88 Å². The summed E-state index contributed by atoms with van der Waals surface area (Å²) in [4.78, 5) is 14.7. The van der Waals surface area contributed by atoms with E-state index in [-0.39, 0.29) is 21.2 Å². The molecule has 0 amide bonds. The Bertz CT molecular complexity index is 806.